The van der Waals surface area contributed by atoms with E-state index in [9.17, 15) is 4.79 Å². The normalized spacial score (nSPS) is 18.6. The van der Waals surface area contributed by atoms with Crippen LogP contribution in [0.3, 0.4) is 0 Å². The Morgan fingerprint density at radius 1 is 1.29 bits per heavy atom. The van der Waals surface area contributed by atoms with Gasteiger partial charge in [-0.1, -0.05) is 27.7 Å². The number of carbonyl (C=O) groups is 1. The second-order valence-electron chi connectivity index (χ2n) is 6.59. The largest absolute Gasteiger partial charge is 0.423 e. The van der Waals surface area contributed by atoms with Crippen LogP contribution in [0.4, 0.5) is 0 Å². The molecule has 24 heavy (non-hydrogen) atoms. The predicted octanol–water partition coefficient (Wildman–Crippen LogP) is 2.25. The zero-order valence-corrected chi connectivity index (χ0v) is 14.4. The van der Waals surface area contributed by atoms with E-state index in [1.807, 2.05) is 27.7 Å². The van der Waals surface area contributed by atoms with Crippen LogP contribution in [0.5, 0.6) is 0 Å². The molecule has 1 saturated heterocycles. The second kappa shape index (κ2) is 6.72. The summed E-state index contributed by atoms with van der Waals surface area (Å²) in [5, 5.41) is 15.2. The minimum atomic E-state index is -0.384. The van der Waals surface area contributed by atoms with Crippen LogP contribution in [0.2, 0.25) is 0 Å². The van der Waals surface area contributed by atoms with Gasteiger partial charge in [-0.2, -0.15) is 5.10 Å². The van der Waals surface area contributed by atoms with Gasteiger partial charge in [0.2, 0.25) is 11.8 Å². The molecule has 1 aliphatic heterocycles. The molecule has 8 nitrogen and oxygen atoms in total. The number of morpholine rings is 1. The number of aromatic nitrogens is 4. The van der Waals surface area contributed by atoms with Crippen molar-refractivity contribution in [2.75, 3.05) is 19.8 Å². The molecule has 0 bridgehead atoms. The van der Waals surface area contributed by atoms with Crippen molar-refractivity contribution in [3.05, 3.63) is 29.2 Å². The van der Waals surface area contributed by atoms with Crippen LogP contribution in [-0.2, 0) is 4.74 Å². The zero-order valence-electron chi connectivity index (χ0n) is 14.4. The lowest BCUT2D eigenvalue weighted by atomic mass is 10.1. The van der Waals surface area contributed by atoms with Gasteiger partial charge in [0, 0.05) is 18.2 Å². The Morgan fingerprint density at radius 3 is 2.71 bits per heavy atom. The predicted molar refractivity (Wildman–Crippen MR) is 85.7 cm³/mol. The van der Waals surface area contributed by atoms with Crippen LogP contribution in [-0.4, -0.2) is 51.0 Å². The Bertz CT molecular complexity index is 706. The fraction of sp³-hybridized carbons (Fsp3) is 0.625. The third kappa shape index (κ3) is 3.19. The van der Waals surface area contributed by atoms with Crippen molar-refractivity contribution in [1.29, 1.82) is 0 Å². The van der Waals surface area contributed by atoms with Gasteiger partial charge in [0.15, 0.2) is 0 Å². The lowest BCUT2D eigenvalue weighted by Gasteiger charge is -2.32. The van der Waals surface area contributed by atoms with E-state index in [-0.39, 0.29) is 23.8 Å². The zero-order chi connectivity index (χ0) is 17.3. The third-order valence-electron chi connectivity index (χ3n) is 4.06. The lowest BCUT2D eigenvalue weighted by molar-refractivity contribution is -0.0110. The highest BCUT2D eigenvalue weighted by Crippen LogP contribution is 2.26. The molecular formula is C16H23N5O3. The Morgan fingerprint density at radius 2 is 2.08 bits per heavy atom. The maximum atomic E-state index is 12.9. The van der Waals surface area contributed by atoms with Crippen molar-refractivity contribution in [3.8, 4) is 0 Å². The molecular weight excluding hydrogens is 310 g/mol. The first-order valence-electron chi connectivity index (χ1n) is 8.24. The fourth-order valence-electron chi connectivity index (χ4n) is 2.55. The number of aromatic amines is 1. The highest BCUT2D eigenvalue weighted by molar-refractivity contribution is 5.92. The minimum absolute atomic E-state index is 0.139. The van der Waals surface area contributed by atoms with Gasteiger partial charge in [0.25, 0.3) is 5.91 Å². The van der Waals surface area contributed by atoms with Crippen LogP contribution in [0.25, 0.3) is 0 Å². The second-order valence-corrected chi connectivity index (χ2v) is 6.59. The monoisotopic (exact) mass is 333 g/mol. The van der Waals surface area contributed by atoms with Gasteiger partial charge >= 0.3 is 0 Å². The van der Waals surface area contributed by atoms with E-state index in [0.29, 0.717) is 37.2 Å². The van der Waals surface area contributed by atoms with Crippen molar-refractivity contribution in [3.63, 3.8) is 0 Å². The maximum Gasteiger partial charge on any atom is 0.275 e. The quantitative estimate of drug-likeness (QED) is 0.921. The summed E-state index contributed by atoms with van der Waals surface area (Å²) in [6.07, 6.45) is 0. The summed E-state index contributed by atoms with van der Waals surface area (Å²) >= 11 is 0. The van der Waals surface area contributed by atoms with Crippen molar-refractivity contribution in [2.45, 2.75) is 45.6 Å². The molecule has 1 aliphatic rings. The number of nitrogens with zero attached hydrogens (tertiary/aromatic N) is 4. The van der Waals surface area contributed by atoms with Gasteiger partial charge < -0.3 is 14.1 Å². The fourth-order valence-corrected chi connectivity index (χ4v) is 2.55. The van der Waals surface area contributed by atoms with E-state index in [2.05, 4.69) is 20.4 Å². The van der Waals surface area contributed by atoms with Crippen molar-refractivity contribution >= 4 is 5.91 Å². The molecule has 1 atom stereocenters. The molecule has 0 saturated carbocycles. The Labute approximate surface area is 140 Å². The number of nitrogens with one attached hydrogen (secondary N) is 1. The molecule has 0 radical (unpaired) electrons. The lowest BCUT2D eigenvalue weighted by Crippen LogP contribution is -2.43. The van der Waals surface area contributed by atoms with Crippen molar-refractivity contribution in [1.82, 2.24) is 25.3 Å². The molecule has 0 aromatic carbocycles. The molecule has 0 spiro atoms. The summed E-state index contributed by atoms with van der Waals surface area (Å²) in [4.78, 5) is 14.6. The number of H-pyrrole nitrogens is 1. The van der Waals surface area contributed by atoms with Gasteiger partial charge in [0.1, 0.15) is 11.7 Å². The van der Waals surface area contributed by atoms with Crippen LogP contribution >= 0.6 is 0 Å². The molecule has 1 N–H and O–H groups in total. The van der Waals surface area contributed by atoms with Gasteiger partial charge in [-0.25, -0.2) is 0 Å². The Hall–Kier alpha value is -2.22. The van der Waals surface area contributed by atoms with E-state index in [1.54, 1.807) is 11.0 Å². The summed E-state index contributed by atoms with van der Waals surface area (Å²) in [6, 6.07) is 1.41. The molecule has 2 aromatic heterocycles. The number of hydrogen-bond acceptors (Lipinski definition) is 6. The Kier molecular flexibility index (Phi) is 4.66. The average molecular weight is 333 g/mol. The van der Waals surface area contributed by atoms with E-state index in [4.69, 9.17) is 9.15 Å². The summed E-state index contributed by atoms with van der Waals surface area (Å²) < 4.78 is 11.2. The molecule has 1 amide bonds. The van der Waals surface area contributed by atoms with Crippen LogP contribution < -0.4 is 0 Å². The van der Waals surface area contributed by atoms with Gasteiger partial charge in [-0.3, -0.25) is 9.89 Å². The first-order valence-corrected chi connectivity index (χ1v) is 8.24. The summed E-state index contributed by atoms with van der Waals surface area (Å²) in [7, 11) is 0. The number of amides is 1. The summed E-state index contributed by atoms with van der Waals surface area (Å²) in [5.41, 5.74) is 1.33. The first kappa shape index (κ1) is 16.6. The van der Waals surface area contributed by atoms with Gasteiger partial charge in [-0.15, -0.1) is 10.2 Å². The van der Waals surface area contributed by atoms with Crippen LogP contribution in [0.15, 0.2) is 10.5 Å². The molecule has 3 rings (SSSR count). The highest BCUT2D eigenvalue weighted by atomic mass is 16.5. The molecule has 1 fully saturated rings. The number of ether oxygens (including phenoxy) is 1. The van der Waals surface area contributed by atoms with E-state index >= 15 is 0 Å². The number of hydrogen-bond donors (Lipinski definition) is 1. The molecule has 0 aliphatic carbocycles. The SMILES string of the molecule is CC(C)c1cc(C(=O)N2CCOC[C@@H]2c2nnc(C(C)C)o2)n[nH]1. The van der Waals surface area contributed by atoms with Crippen molar-refractivity contribution < 1.29 is 13.9 Å². The topological polar surface area (TPSA) is 97.1 Å². The third-order valence-corrected chi connectivity index (χ3v) is 4.06. The maximum absolute atomic E-state index is 12.9. The van der Waals surface area contributed by atoms with Crippen molar-refractivity contribution in [2.24, 2.45) is 0 Å². The van der Waals surface area contributed by atoms with E-state index < -0.39 is 0 Å². The van der Waals surface area contributed by atoms with Gasteiger partial charge in [-0.05, 0) is 12.0 Å². The van der Waals surface area contributed by atoms with E-state index in [0.717, 1.165) is 5.69 Å². The van der Waals surface area contributed by atoms with Gasteiger partial charge in [0.05, 0.1) is 13.2 Å². The molecule has 2 aromatic rings. The first-order chi connectivity index (χ1) is 11.5. The molecule has 3 heterocycles. The molecule has 130 valence electrons. The number of carbonyl (C=O) groups excluding carboxylic acids is 1. The average Bonchev–Trinajstić information content (AvgIpc) is 3.23. The smallest absolute Gasteiger partial charge is 0.275 e. The molecule has 0 unspecified atom stereocenters. The standard InChI is InChI=1S/C16H23N5O3/c1-9(2)11-7-12(18-17-11)16(22)21-5-6-23-8-13(21)15-20-19-14(24-15)10(3)4/h7,9-10,13H,5-6,8H2,1-4H3,(H,17,18)/t13-/m1/s1. The van der Waals surface area contributed by atoms with Crippen LogP contribution in [0.1, 0.15) is 73.5 Å². The molecule has 8 heteroatoms. The minimum Gasteiger partial charge on any atom is -0.423 e. The Balaban J connectivity index is 1.84. The number of rotatable bonds is 4. The van der Waals surface area contributed by atoms with Crippen LogP contribution in [0, 0.1) is 0 Å². The highest BCUT2D eigenvalue weighted by Gasteiger charge is 2.34. The summed E-state index contributed by atoms with van der Waals surface area (Å²) in [6.45, 7) is 9.34. The van der Waals surface area contributed by atoms with E-state index in [1.165, 1.54) is 0 Å². The summed E-state index contributed by atoms with van der Waals surface area (Å²) in [5.74, 6) is 1.23.